The number of morpholine rings is 1. The SMILES string of the molecule is CCOc1cc(N)c(Cl)cc1C(=O)NC[C@@H]1CN(CCCC(=O)O[C@H]2CN3CCCCCC2C3)CCO1. The molecule has 1 amide bonds. The van der Waals surface area contributed by atoms with E-state index >= 15 is 0 Å². The highest BCUT2D eigenvalue weighted by molar-refractivity contribution is 6.33. The van der Waals surface area contributed by atoms with Gasteiger partial charge in [0, 0.05) is 51.1 Å². The van der Waals surface area contributed by atoms with Crippen molar-refractivity contribution in [3.05, 3.63) is 22.7 Å². The summed E-state index contributed by atoms with van der Waals surface area (Å²) in [5.41, 5.74) is 6.57. The predicted octanol–water partition coefficient (Wildman–Crippen LogP) is 2.95. The molecule has 3 saturated heterocycles. The Morgan fingerprint density at radius 2 is 2.05 bits per heavy atom. The Hall–Kier alpha value is -2.07. The lowest BCUT2D eigenvalue weighted by Gasteiger charge is -2.33. The summed E-state index contributed by atoms with van der Waals surface area (Å²) >= 11 is 6.13. The number of carbonyl (C=O) groups excluding carboxylic acids is 2. The van der Waals surface area contributed by atoms with E-state index in [2.05, 4.69) is 15.1 Å². The van der Waals surface area contributed by atoms with Crippen LogP contribution in [-0.4, -0.2) is 92.9 Å². The summed E-state index contributed by atoms with van der Waals surface area (Å²) in [5, 5.41) is 3.24. The van der Waals surface area contributed by atoms with E-state index in [0.717, 1.165) is 39.1 Å². The number of hydrogen-bond acceptors (Lipinski definition) is 8. The van der Waals surface area contributed by atoms with Gasteiger partial charge in [-0.1, -0.05) is 24.4 Å². The molecular weight excluding hydrogens is 496 g/mol. The van der Waals surface area contributed by atoms with E-state index in [1.165, 1.54) is 31.7 Å². The second-order valence-electron chi connectivity index (χ2n) is 10.3. The fourth-order valence-corrected chi connectivity index (χ4v) is 5.71. The number of nitrogens with zero attached hydrogens (tertiary/aromatic N) is 2. The van der Waals surface area contributed by atoms with Gasteiger partial charge in [-0.25, -0.2) is 0 Å². The molecule has 10 heteroatoms. The van der Waals surface area contributed by atoms with Crippen LogP contribution in [0.25, 0.3) is 0 Å². The molecule has 9 nitrogen and oxygen atoms in total. The van der Waals surface area contributed by atoms with E-state index in [0.29, 0.717) is 60.7 Å². The Labute approximate surface area is 224 Å². The molecule has 2 unspecified atom stereocenters. The maximum Gasteiger partial charge on any atom is 0.306 e. The average Bonchev–Trinajstić information content (AvgIpc) is 3.27. The van der Waals surface area contributed by atoms with E-state index in [1.807, 2.05) is 6.92 Å². The zero-order valence-corrected chi connectivity index (χ0v) is 22.6. The van der Waals surface area contributed by atoms with Gasteiger partial charge in [-0.15, -0.1) is 0 Å². The lowest BCUT2D eigenvalue weighted by Crippen LogP contribution is -2.47. The molecular formula is C27H41ClN4O5. The summed E-state index contributed by atoms with van der Waals surface area (Å²) in [4.78, 5) is 30.1. The van der Waals surface area contributed by atoms with Gasteiger partial charge in [0.2, 0.25) is 0 Å². The van der Waals surface area contributed by atoms with E-state index in [1.54, 1.807) is 6.07 Å². The highest BCUT2D eigenvalue weighted by Gasteiger charge is 2.35. The molecule has 0 radical (unpaired) electrons. The normalized spacial score (nSPS) is 26.2. The molecule has 0 saturated carbocycles. The molecule has 4 atom stereocenters. The van der Waals surface area contributed by atoms with Crippen LogP contribution in [0, 0.1) is 5.92 Å². The number of ether oxygens (including phenoxy) is 3. The number of rotatable bonds is 10. The number of halogens is 1. The molecule has 1 aromatic carbocycles. The number of carbonyl (C=O) groups is 2. The van der Waals surface area contributed by atoms with Crippen LogP contribution in [0.15, 0.2) is 12.1 Å². The molecule has 37 heavy (non-hydrogen) atoms. The third-order valence-corrected chi connectivity index (χ3v) is 7.83. The molecule has 0 spiro atoms. The number of nitrogen functional groups attached to an aromatic ring is 1. The molecule has 2 bridgehead atoms. The van der Waals surface area contributed by atoms with E-state index in [4.69, 9.17) is 31.5 Å². The monoisotopic (exact) mass is 536 g/mol. The number of nitrogens with two attached hydrogens (primary N) is 1. The fraction of sp³-hybridized carbons (Fsp3) is 0.704. The van der Waals surface area contributed by atoms with Crippen LogP contribution in [0.2, 0.25) is 5.02 Å². The lowest BCUT2D eigenvalue weighted by molar-refractivity contribution is -0.150. The van der Waals surface area contributed by atoms with Crippen LogP contribution in [0.1, 0.15) is 55.8 Å². The van der Waals surface area contributed by atoms with Crippen molar-refractivity contribution < 1.29 is 23.8 Å². The van der Waals surface area contributed by atoms with Crippen molar-refractivity contribution in [2.45, 2.75) is 57.7 Å². The number of amides is 1. The van der Waals surface area contributed by atoms with Crippen molar-refractivity contribution in [1.29, 1.82) is 0 Å². The summed E-state index contributed by atoms with van der Waals surface area (Å²) in [7, 11) is 0. The van der Waals surface area contributed by atoms with Crippen molar-refractivity contribution in [3.8, 4) is 5.75 Å². The van der Waals surface area contributed by atoms with Crippen LogP contribution in [0.3, 0.4) is 0 Å². The zero-order chi connectivity index (χ0) is 26.2. The number of esters is 1. The topological polar surface area (TPSA) is 106 Å². The summed E-state index contributed by atoms with van der Waals surface area (Å²) in [6.45, 7) is 8.59. The highest BCUT2D eigenvalue weighted by atomic mass is 35.5. The Kier molecular flexibility index (Phi) is 10.3. The van der Waals surface area contributed by atoms with Gasteiger partial charge < -0.3 is 25.3 Å². The van der Waals surface area contributed by atoms with Crippen LogP contribution in [0.5, 0.6) is 5.75 Å². The van der Waals surface area contributed by atoms with Gasteiger partial charge in [-0.2, -0.15) is 0 Å². The van der Waals surface area contributed by atoms with Gasteiger partial charge in [-0.3, -0.25) is 19.4 Å². The van der Waals surface area contributed by atoms with Crippen molar-refractivity contribution in [2.75, 3.05) is 64.8 Å². The first kappa shape index (κ1) is 28.0. The number of anilines is 1. The first-order valence-electron chi connectivity index (χ1n) is 13.7. The molecule has 3 N–H and O–H groups in total. The maximum atomic E-state index is 12.8. The van der Waals surface area contributed by atoms with Crippen molar-refractivity contribution >= 4 is 29.2 Å². The Balaban J connectivity index is 1.18. The molecule has 206 valence electrons. The first-order valence-corrected chi connectivity index (χ1v) is 14.1. The van der Waals surface area contributed by atoms with Crippen LogP contribution in [0.4, 0.5) is 5.69 Å². The maximum absolute atomic E-state index is 12.8. The number of fused-ring (bicyclic) bond motifs is 2. The van der Waals surface area contributed by atoms with Crippen LogP contribution < -0.4 is 15.8 Å². The minimum atomic E-state index is -0.284. The Bertz CT molecular complexity index is 932. The Morgan fingerprint density at radius 1 is 1.19 bits per heavy atom. The standard InChI is InChI=1S/C27H41ClN4O5/c1-2-35-24-14-23(29)22(28)13-21(24)27(34)30-15-20-17-31(11-12-36-20)10-6-8-26(33)37-25-18-32-9-5-3-4-7-19(25)16-32/h13-14,19-20,25H,2-12,15-18,29H2,1H3,(H,30,34)/t19?,20-,25+/m1/s1. The highest BCUT2D eigenvalue weighted by Crippen LogP contribution is 2.30. The van der Waals surface area contributed by atoms with Crippen LogP contribution >= 0.6 is 11.6 Å². The third kappa shape index (κ3) is 7.96. The number of hydrogen-bond donors (Lipinski definition) is 2. The van der Waals surface area contributed by atoms with Crippen molar-refractivity contribution in [1.82, 2.24) is 15.1 Å². The fourth-order valence-electron chi connectivity index (χ4n) is 5.54. The second kappa shape index (κ2) is 13.6. The molecule has 0 aromatic heterocycles. The van der Waals surface area contributed by atoms with E-state index in [-0.39, 0.29) is 24.1 Å². The molecule has 3 aliphatic rings. The molecule has 3 fully saturated rings. The lowest BCUT2D eigenvalue weighted by atomic mass is 9.97. The minimum Gasteiger partial charge on any atom is -0.493 e. The second-order valence-corrected chi connectivity index (χ2v) is 10.7. The molecule has 3 heterocycles. The van der Waals surface area contributed by atoms with Gasteiger partial charge in [0.05, 0.1) is 35.6 Å². The molecule has 0 aliphatic carbocycles. The van der Waals surface area contributed by atoms with Gasteiger partial charge in [0.25, 0.3) is 5.91 Å². The summed E-state index contributed by atoms with van der Waals surface area (Å²) in [5.74, 6) is 0.533. The largest absolute Gasteiger partial charge is 0.493 e. The van der Waals surface area contributed by atoms with Gasteiger partial charge in [-0.05, 0) is 45.3 Å². The zero-order valence-electron chi connectivity index (χ0n) is 21.9. The smallest absolute Gasteiger partial charge is 0.306 e. The van der Waals surface area contributed by atoms with Gasteiger partial charge in [0.1, 0.15) is 11.9 Å². The van der Waals surface area contributed by atoms with Crippen molar-refractivity contribution in [3.63, 3.8) is 0 Å². The van der Waals surface area contributed by atoms with Gasteiger partial charge >= 0.3 is 5.97 Å². The van der Waals surface area contributed by atoms with Crippen molar-refractivity contribution in [2.24, 2.45) is 5.92 Å². The van der Waals surface area contributed by atoms with Crippen LogP contribution in [-0.2, 0) is 14.3 Å². The summed E-state index contributed by atoms with van der Waals surface area (Å²) in [6.07, 6.45) is 6.04. The number of nitrogens with one attached hydrogen (secondary N) is 1. The molecule has 3 aliphatic heterocycles. The van der Waals surface area contributed by atoms with E-state index in [9.17, 15) is 9.59 Å². The first-order chi connectivity index (χ1) is 17.9. The Morgan fingerprint density at radius 3 is 2.89 bits per heavy atom. The molecule has 4 rings (SSSR count). The average molecular weight is 537 g/mol. The molecule has 1 aromatic rings. The third-order valence-electron chi connectivity index (χ3n) is 7.50. The predicted molar refractivity (Wildman–Crippen MR) is 143 cm³/mol. The summed E-state index contributed by atoms with van der Waals surface area (Å²) < 4.78 is 17.3. The minimum absolute atomic E-state index is 0.0566. The number of benzene rings is 1. The quantitative estimate of drug-likeness (QED) is 0.347. The summed E-state index contributed by atoms with van der Waals surface area (Å²) in [6, 6.07) is 3.10. The van der Waals surface area contributed by atoms with E-state index < -0.39 is 0 Å². The van der Waals surface area contributed by atoms with Gasteiger partial charge in [0.15, 0.2) is 0 Å².